The lowest BCUT2D eigenvalue weighted by atomic mass is 10.2. The first-order valence-electron chi connectivity index (χ1n) is 7.13. The number of nitrogens with zero attached hydrogens (tertiary/aromatic N) is 4. The summed E-state index contributed by atoms with van der Waals surface area (Å²) in [4.78, 5) is 8.76. The Labute approximate surface area is 141 Å². The summed E-state index contributed by atoms with van der Waals surface area (Å²) >= 11 is 6.00. The van der Waals surface area contributed by atoms with Crippen molar-refractivity contribution in [2.75, 3.05) is 0 Å². The van der Waals surface area contributed by atoms with Crippen LogP contribution in [0.15, 0.2) is 54.9 Å². The number of benzene rings is 1. The van der Waals surface area contributed by atoms with Crippen LogP contribution in [0.4, 0.5) is 0 Å². The van der Waals surface area contributed by atoms with Gasteiger partial charge in [0, 0.05) is 12.4 Å². The van der Waals surface area contributed by atoms with Gasteiger partial charge >= 0.3 is 0 Å². The van der Waals surface area contributed by atoms with Gasteiger partial charge in [0.25, 0.3) is 0 Å². The molecule has 2 N–H and O–H groups in total. The van der Waals surface area contributed by atoms with Crippen LogP contribution in [0.3, 0.4) is 0 Å². The molecule has 0 aliphatic heterocycles. The largest absolute Gasteiger partial charge is 0.506 e. The molecule has 0 unspecified atom stereocenters. The molecule has 0 atom stereocenters. The van der Waals surface area contributed by atoms with Gasteiger partial charge in [-0.15, -0.1) is 0 Å². The predicted molar refractivity (Wildman–Crippen MR) is 90.0 cm³/mol. The monoisotopic (exact) mass is 338 g/mol. The topological polar surface area (TPSA) is 83.5 Å². The lowest BCUT2D eigenvalue weighted by molar-refractivity contribution is 0.475. The SMILES string of the molecule is Oc1cccnc1-c1nc(-c2cccc(Cl)c2O)n2ncccc12. The first-order chi connectivity index (χ1) is 11.7. The molecular weight excluding hydrogens is 328 g/mol. The minimum absolute atomic E-state index is 0.0169. The number of para-hydroxylation sites is 1. The summed E-state index contributed by atoms with van der Waals surface area (Å²) in [7, 11) is 0. The Balaban J connectivity index is 2.06. The Hall–Kier alpha value is -3.12. The maximum Gasteiger partial charge on any atom is 0.165 e. The van der Waals surface area contributed by atoms with Crippen molar-refractivity contribution in [3.8, 4) is 34.3 Å². The highest BCUT2D eigenvalue weighted by molar-refractivity contribution is 6.32. The third kappa shape index (κ3) is 2.16. The molecule has 4 rings (SSSR count). The van der Waals surface area contributed by atoms with E-state index in [1.807, 2.05) is 6.07 Å². The van der Waals surface area contributed by atoms with Gasteiger partial charge in [-0.25, -0.2) is 9.50 Å². The molecule has 0 aliphatic rings. The van der Waals surface area contributed by atoms with Gasteiger partial charge in [0.05, 0.1) is 16.1 Å². The molecule has 0 bridgehead atoms. The second kappa shape index (κ2) is 5.50. The van der Waals surface area contributed by atoms with Gasteiger partial charge in [0.15, 0.2) is 5.82 Å². The predicted octanol–water partition coefficient (Wildman–Crippen LogP) is 3.52. The Kier molecular flexibility index (Phi) is 3.32. The van der Waals surface area contributed by atoms with Crippen molar-refractivity contribution in [2.24, 2.45) is 0 Å². The molecule has 118 valence electrons. The second-order valence-corrected chi connectivity index (χ2v) is 5.52. The van der Waals surface area contributed by atoms with E-state index in [1.54, 1.807) is 53.3 Å². The third-order valence-electron chi connectivity index (χ3n) is 3.65. The number of halogens is 1. The van der Waals surface area contributed by atoms with Crippen LogP contribution in [0.25, 0.3) is 28.3 Å². The number of phenolic OH excluding ortho intramolecular Hbond substituents is 1. The van der Waals surface area contributed by atoms with E-state index >= 15 is 0 Å². The summed E-state index contributed by atoms with van der Waals surface area (Å²) in [5.74, 6) is 0.349. The molecule has 0 aliphatic carbocycles. The quantitative estimate of drug-likeness (QED) is 0.584. The number of imidazole rings is 1. The standard InChI is InChI=1S/C17H11ClN4O2/c18-11-5-1-4-10(16(11)24)17-21-14(12-6-2-9-20-22(12)17)15-13(23)7-3-8-19-15/h1-9,23-24H. The van der Waals surface area contributed by atoms with Crippen LogP contribution in [0.1, 0.15) is 0 Å². The number of phenols is 1. The molecule has 0 spiro atoms. The van der Waals surface area contributed by atoms with E-state index in [0.717, 1.165) is 0 Å². The van der Waals surface area contributed by atoms with Crippen LogP contribution in [0, 0.1) is 0 Å². The van der Waals surface area contributed by atoms with Crippen molar-refractivity contribution in [1.82, 2.24) is 19.6 Å². The van der Waals surface area contributed by atoms with E-state index in [9.17, 15) is 10.2 Å². The average Bonchev–Trinajstić information content (AvgIpc) is 2.97. The molecular formula is C17H11ClN4O2. The summed E-state index contributed by atoms with van der Waals surface area (Å²) in [6.07, 6.45) is 3.19. The molecule has 1 aromatic carbocycles. The molecule has 0 amide bonds. The van der Waals surface area contributed by atoms with Gasteiger partial charge in [-0.1, -0.05) is 17.7 Å². The van der Waals surface area contributed by atoms with Crippen molar-refractivity contribution in [2.45, 2.75) is 0 Å². The first-order valence-corrected chi connectivity index (χ1v) is 7.50. The zero-order valence-electron chi connectivity index (χ0n) is 12.3. The van der Waals surface area contributed by atoms with Crippen molar-refractivity contribution in [3.63, 3.8) is 0 Å². The minimum atomic E-state index is -0.0755. The molecule has 4 aromatic rings. The molecule has 7 heteroatoms. The van der Waals surface area contributed by atoms with Crippen LogP contribution in [-0.2, 0) is 0 Å². The number of hydrogen-bond donors (Lipinski definition) is 2. The smallest absolute Gasteiger partial charge is 0.165 e. The van der Waals surface area contributed by atoms with Crippen LogP contribution in [-0.4, -0.2) is 29.8 Å². The normalized spacial score (nSPS) is 11.0. The number of rotatable bonds is 2. The summed E-state index contributed by atoms with van der Waals surface area (Å²) in [6.45, 7) is 0. The number of aromatic hydroxyl groups is 2. The molecule has 0 saturated carbocycles. The molecule has 3 heterocycles. The van der Waals surface area contributed by atoms with E-state index in [4.69, 9.17) is 11.6 Å². The van der Waals surface area contributed by atoms with E-state index in [0.29, 0.717) is 28.3 Å². The molecule has 0 fully saturated rings. The summed E-state index contributed by atoms with van der Waals surface area (Å²) < 4.78 is 1.58. The molecule has 24 heavy (non-hydrogen) atoms. The first kappa shape index (κ1) is 14.5. The summed E-state index contributed by atoms with van der Waals surface area (Å²) in [5.41, 5.74) is 1.91. The lowest BCUT2D eigenvalue weighted by Crippen LogP contribution is -1.93. The van der Waals surface area contributed by atoms with Crippen molar-refractivity contribution < 1.29 is 10.2 Å². The van der Waals surface area contributed by atoms with Gasteiger partial charge in [-0.05, 0) is 36.4 Å². The Morgan fingerprint density at radius 1 is 0.917 bits per heavy atom. The third-order valence-corrected chi connectivity index (χ3v) is 3.95. The fourth-order valence-corrected chi connectivity index (χ4v) is 2.73. The summed E-state index contributed by atoms with van der Waals surface area (Å²) in [5, 5.41) is 24.9. The van der Waals surface area contributed by atoms with Gasteiger partial charge in [0.1, 0.15) is 22.9 Å². The van der Waals surface area contributed by atoms with Crippen LogP contribution in [0.5, 0.6) is 11.5 Å². The van der Waals surface area contributed by atoms with Crippen molar-refractivity contribution >= 4 is 17.1 Å². The zero-order chi connectivity index (χ0) is 16.7. The van der Waals surface area contributed by atoms with Gasteiger partial charge in [0.2, 0.25) is 0 Å². The maximum atomic E-state index is 10.3. The van der Waals surface area contributed by atoms with Crippen molar-refractivity contribution in [1.29, 1.82) is 0 Å². The number of fused-ring (bicyclic) bond motifs is 1. The highest BCUT2D eigenvalue weighted by Crippen LogP contribution is 2.37. The lowest BCUT2D eigenvalue weighted by Gasteiger charge is -2.04. The van der Waals surface area contributed by atoms with Crippen LogP contribution >= 0.6 is 11.6 Å². The van der Waals surface area contributed by atoms with Gasteiger partial charge in [-0.3, -0.25) is 4.98 Å². The molecule has 0 radical (unpaired) electrons. The molecule has 6 nitrogen and oxygen atoms in total. The Morgan fingerprint density at radius 2 is 1.75 bits per heavy atom. The number of aromatic nitrogens is 4. The average molecular weight is 339 g/mol. The van der Waals surface area contributed by atoms with E-state index < -0.39 is 0 Å². The van der Waals surface area contributed by atoms with Crippen LogP contribution < -0.4 is 0 Å². The molecule has 3 aromatic heterocycles. The maximum absolute atomic E-state index is 10.3. The fourth-order valence-electron chi connectivity index (χ4n) is 2.55. The van der Waals surface area contributed by atoms with Gasteiger partial charge < -0.3 is 10.2 Å². The fraction of sp³-hybridized carbons (Fsp3) is 0. The molecule has 0 saturated heterocycles. The van der Waals surface area contributed by atoms with E-state index in [2.05, 4.69) is 15.1 Å². The summed E-state index contributed by atoms with van der Waals surface area (Å²) in [6, 6.07) is 11.8. The zero-order valence-corrected chi connectivity index (χ0v) is 13.0. The Bertz CT molecular complexity index is 1060. The second-order valence-electron chi connectivity index (χ2n) is 5.11. The number of hydrogen-bond acceptors (Lipinski definition) is 5. The Morgan fingerprint density at radius 3 is 2.58 bits per heavy atom. The number of pyridine rings is 1. The minimum Gasteiger partial charge on any atom is -0.506 e. The van der Waals surface area contributed by atoms with Crippen molar-refractivity contribution in [3.05, 3.63) is 59.9 Å². The van der Waals surface area contributed by atoms with E-state index in [-0.39, 0.29) is 16.5 Å². The van der Waals surface area contributed by atoms with Crippen LogP contribution in [0.2, 0.25) is 5.02 Å². The highest BCUT2D eigenvalue weighted by Gasteiger charge is 2.20. The highest BCUT2D eigenvalue weighted by atomic mass is 35.5. The van der Waals surface area contributed by atoms with E-state index in [1.165, 1.54) is 0 Å². The van der Waals surface area contributed by atoms with Gasteiger partial charge in [-0.2, -0.15) is 5.10 Å².